The number of benzene rings is 1. The van der Waals surface area contributed by atoms with Crippen LogP contribution < -0.4 is 16.0 Å². The SMILES string of the molecule is CCNC(=NCCCNC(=O)OC(C)(C)C)NCCc1nc2ccccc2[nH]1.I. The average molecular weight is 516 g/mol. The summed E-state index contributed by atoms with van der Waals surface area (Å²) in [7, 11) is 0. The summed E-state index contributed by atoms with van der Waals surface area (Å²) in [6, 6.07) is 8.00. The van der Waals surface area contributed by atoms with Crippen molar-refractivity contribution in [2.45, 2.75) is 46.1 Å². The van der Waals surface area contributed by atoms with Crippen LogP contribution in [-0.4, -0.2) is 53.8 Å². The molecule has 0 spiro atoms. The van der Waals surface area contributed by atoms with E-state index in [1.54, 1.807) is 0 Å². The van der Waals surface area contributed by atoms with Gasteiger partial charge >= 0.3 is 6.09 Å². The van der Waals surface area contributed by atoms with Crippen molar-refractivity contribution in [2.24, 2.45) is 4.99 Å². The molecule has 0 unspecified atom stereocenters. The molecule has 0 aliphatic heterocycles. The Balaban J connectivity index is 0.00000420. The van der Waals surface area contributed by atoms with Gasteiger partial charge in [-0.15, -0.1) is 24.0 Å². The molecule has 0 saturated carbocycles. The van der Waals surface area contributed by atoms with Crippen LogP contribution in [0, 0.1) is 0 Å². The first-order chi connectivity index (χ1) is 13.4. The van der Waals surface area contributed by atoms with E-state index in [-0.39, 0.29) is 24.0 Å². The maximum Gasteiger partial charge on any atom is 0.407 e. The topological polar surface area (TPSA) is 103 Å². The number of halogens is 1. The third-order valence-electron chi connectivity index (χ3n) is 3.71. The molecule has 2 rings (SSSR count). The number of H-pyrrole nitrogens is 1. The van der Waals surface area contributed by atoms with E-state index in [1.165, 1.54) is 0 Å². The molecule has 0 aliphatic rings. The second kappa shape index (κ2) is 12.5. The van der Waals surface area contributed by atoms with Crippen molar-refractivity contribution in [3.05, 3.63) is 30.1 Å². The fourth-order valence-corrected chi connectivity index (χ4v) is 2.54. The lowest BCUT2D eigenvalue weighted by atomic mass is 10.2. The van der Waals surface area contributed by atoms with Crippen molar-refractivity contribution in [3.63, 3.8) is 0 Å². The minimum absolute atomic E-state index is 0. The number of guanidine groups is 1. The number of ether oxygens (including phenoxy) is 1. The normalized spacial score (nSPS) is 11.7. The highest BCUT2D eigenvalue weighted by molar-refractivity contribution is 14.0. The molecule has 0 radical (unpaired) electrons. The average Bonchev–Trinajstić information content (AvgIpc) is 3.02. The number of imidazole rings is 1. The highest BCUT2D eigenvalue weighted by atomic mass is 127. The first-order valence-electron chi connectivity index (χ1n) is 9.80. The molecule has 0 bridgehead atoms. The molecule has 2 aromatic rings. The molecular formula is C20H33IN6O2. The molecular weight excluding hydrogens is 483 g/mol. The van der Waals surface area contributed by atoms with Gasteiger partial charge in [0.05, 0.1) is 11.0 Å². The Bertz CT molecular complexity index is 752. The zero-order chi connectivity index (χ0) is 20.4. The van der Waals surface area contributed by atoms with Gasteiger partial charge < -0.3 is 25.7 Å². The van der Waals surface area contributed by atoms with Gasteiger partial charge in [-0.2, -0.15) is 0 Å². The maximum absolute atomic E-state index is 11.6. The highest BCUT2D eigenvalue weighted by Crippen LogP contribution is 2.10. The number of nitrogens with zero attached hydrogens (tertiary/aromatic N) is 2. The summed E-state index contributed by atoms with van der Waals surface area (Å²) in [5, 5.41) is 9.27. The quantitative estimate of drug-likeness (QED) is 0.187. The summed E-state index contributed by atoms with van der Waals surface area (Å²) in [5.41, 5.74) is 1.55. The Morgan fingerprint density at radius 2 is 1.93 bits per heavy atom. The highest BCUT2D eigenvalue weighted by Gasteiger charge is 2.15. The molecule has 0 aliphatic carbocycles. The van der Waals surface area contributed by atoms with E-state index in [4.69, 9.17) is 4.74 Å². The second-order valence-corrected chi connectivity index (χ2v) is 7.42. The summed E-state index contributed by atoms with van der Waals surface area (Å²) in [6.45, 7) is 10.2. The number of aromatic amines is 1. The number of para-hydroxylation sites is 2. The lowest BCUT2D eigenvalue weighted by Crippen LogP contribution is -2.38. The van der Waals surface area contributed by atoms with E-state index < -0.39 is 11.7 Å². The van der Waals surface area contributed by atoms with Gasteiger partial charge in [-0.05, 0) is 46.2 Å². The summed E-state index contributed by atoms with van der Waals surface area (Å²) >= 11 is 0. The molecule has 1 amide bonds. The first-order valence-corrected chi connectivity index (χ1v) is 9.80. The van der Waals surface area contributed by atoms with Crippen molar-refractivity contribution in [3.8, 4) is 0 Å². The standard InChI is InChI=1S/C20H32N6O2.HI/c1-5-21-18(22-12-8-13-24-19(27)28-20(2,3)4)23-14-11-17-25-15-9-6-7-10-16(15)26-17;/h6-7,9-10H,5,8,11-14H2,1-4H3,(H,24,27)(H,25,26)(H2,21,22,23);1H. The number of aromatic nitrogens is 2. The lowest BCUT2D eigenvalue weighted by Gasteiger charge is -2.19. The second-order valence-electron chi connectivity index (χ2n) is 7.42. The van der Waals surface area contributed by atoms with Gasteiger partial charge in [0, 0.05) is 32.6 Å². The molecule has 162 valence electrons. The van der Waals surface area contributed by atoms with Crippen LogP contribution in [0.5, 0.6) is 0 Å². The van der Waals surface area contributed by atoms with Crippen LogP contribution in [0.1, 0.15) is 39.9 Å². The van der Waals surface area contributed by atoms with Crippen LogP contribution in [-0.2, 0) is 11.2 Å². The summed E-state index contributed by atoms with van der Waals surface area (Å²) in [5.74, 6) is 1.71. The Labute approximate surface area is 189 Å². The van der Waals surface area contributed by atoms with Gasteiger partial charge in [0.25, 0.3) is 0 Å². The van der Waals surface area contributed by atoms with E-state index in [9.17, 15) is 4.79 Å². The van der Waals surface area contributed by atoms with Crippen molar-refractivity contribution in [1.82, 2.24) is 25.9 Å². The van der Waals surface area contributed by atoms with Gasteiger partial charge in [0.2, 0.25) is 0 Å². The maximum atomic E-state index is 11.6. The summed E-state index contributed by atoms with van der Waals surface area (Å²) in [4.78, 5) is 24.0. The third kappa shape index (κ3) is 9.82. The summed E-state index contributed by atoms with van der Waals surface area (Å²) < 4.78 is 5.20. The number of rotatable bonds is 8. The predicted octanol–water partition coefficient (Wildman–Crippen LogP) is 3.19. The van der Waals surface area contributed by atoms with Crippen LogP contribution in [0.25, 0.3) is 11.0 Å². The van der Waals surface area contributed by atoms with E-state index in [0.717, 1.165) is 48.7 Å². The van der Waals surface area contributed by atoms with Crippen molar-refractivity contribution >= 4 is 47.1 Å². The minimum atomic E-state index is -0.482. The zero-order valence-corrected chi connectivity index (χ0v) is 20.0. The number of amides is 1. The van der Waals surface area contributed by atoms with Gasteiger partial charge in [-0.25, -0.2) is 9.78 Å². The molecule has 4 N–H and O–H groups in total. The molecule has 8 nitrogen and oxygen atoms in total. The number of hydrogen-bond donors (Lipinski definition) is 4. The van der Waals surface area contributed by atoms with E-state index in [1.807, 2.05) is 52.0 Å². The largest absolute Gasteiger partial charge is 0.444 e. The number of aliphatic imine (C=N–C) groups is 1. The van der Waals surface area contributed by atoms with Crippen molar-refractivity contribution in [1.29, 1.82) is 0 Å². The number of hydrogen-bond acceptors (Lipinski definition) is 4. The number of carbonyl (C=O) groups excluding carboxylic acids is 1. The Kier molecular flexibility index (Phi) is 10.8. The van der Waals surface area contributed by atoms with E-state index in [2.05, 4.69) is 30.9 Å². The molecule has 1 aromatic carbocycles. The minimum Gasteiger partial charge on any atom is -0.444 e. The fourth-order valence-electron chi connectivity index (χ4n) is 2.54. The Morgan fingerprint density at radius 1 is 1.17 bits per heavy atom. The van der Waals surface area contributed by atoms with Crippen LogP contribution in [0.2, 0.25) is 0 Å². The van der Waals surface area contributed by atoms with Crippen LogP contribution in [0.4, 0.5) is 4.79 Å². The van der Waals surface area contributed by atoms with Gasteiger partial charge in [0.15, 0.2) is 5.96 Å². The lowest BCUT2D eigenvalue weighted by molar-refractivity contribution is 0.0527. The molecule has 1 aromatic heterocycles. The fraction of sp³-hybridized carbons (Fsp3) is 0.550. The van der Waals surface area contributed by atoms with Crippen LogP contribution in [0.15, 0.2) is 29.3 Å². The zero-order valence-electron chi connectivity index (χ0n) is 17.7. The molecule has 0 atom stereocenters. The molecule has 0 fully saturated rings. The van der Waals surface area contributed by atoms with E-state index >= 15 is 0 Å². The Hall–Kier alpha value is -2.04. The van der Waals surface area contributed by atoms with Crippen molar-refractivity contribution in [2.75, 3.05) is 26.2 Å². The molecule has 0 saturated heterocycles. The third-order valence-corrected chi connectivity index (χ3v) is 3.71. The number of nitrogens with one attached hydrogen (secondary N) is 4. The van der Waals surface area contributed by atoms with Crippen LogP contribution >= 0.6 is 24.0 Å². The molecule has 1 heterocycles. The smallest absolute Gasteiger partial charge is 0.407 e. The number of fused-ring (bicyclic) bond motifs is 1. The molecule has 9 heteroatoms. The first kappa shape index (κ1) is 25.0. The van der Waals surface area contributed by atoms with Crippen LogP contribution in [0.3, 0.4) is 0 Å². The van der Waals surface area contributed by atoms with Crippen molar-refractivity contribution < 1.29 is 9.53 Å². The monoisotopic (exact) mass is 516 g/mol. The van der Waals surface area contributed by atoms with Gasteiger partial charge in [0.1, 0.15) is 11.4 Å². The summed E-state index contributed by atoms with van der Waals surface area (Å²) in [6.07, 6.45) is 1.12. The van der Waals surface area contributed by atoms with E-state index in [0.29, 0.717) is 13.1 Å². The number of alkyl carbamates (subject to hydrolysis) is 1. The Morgan fingerprint density at radius 3 is 2.62 bits per heavy atom. The van der Waals surface area contributed by atoms with Gasteiger partial charge in [-0.1, -0.05) is 12.1 Å². The van der Waals surface area contributed by atoms with Gasteiger partial charge in [-0.3, -0.25) is 4.99 Å². The molecule has 29 heavy (non-hydrogen) atoms. The number of carbonyl (C=O) groups is 1. The predicted molar refractivity (Wildman–Crippen MR) is 128 cm³/mol.